The van der Waals surface area contributed by atoms with E-state index in [4.69, 9.17) is 0 Å². The van der Waals surface area contributed by atoms with Crippen molar-refractivity contribution in [3.8, 4) is 33.6 Å². The largest absolute Gasteiger partial charge is 0.310 e. The van der Waals surface area contributed by atoms with Crippen molar-refractivity contribution >= 4 is 99.3 Å². The highest BCUT2D eigenvalue weighted by molar-refractivity contribution is 6.26. The molecule has 0 N–H and O–H groups in total. The third-order valence-corrected chi connectivity index (χ3v) is 16.7. The van der Waals surface area contributed by atoms with Crippen LogP contribution in [0.5, 0.6) is 0 Å². The summed E-state index contributed by atoms with van der Waals surface area (Å²) in [5.74, 6) is 0. The summed E-state index contributed by atoms with van der Waals surface area (Å²) >= 11 is 0. The van der Waals surface area contributed by atoms with Gasteiger partial charge in [-0.2, -0.15) is 0 Å². The first-order valence-electron chi connectivity index (χ1n) is 26.7. The number of benzene rings is 13. The number of para-hydroxylation sites is 4. The van der Waals surface area contributed by atoms with Gasteiger partial charge in [-0.05, 0) is 170 Å². The Labute approximate surface area is 446 Å². The molecule has 0 unspecified atom stereocenters. The lowest BCUT2D eigenvalue weighted by Gasteiger charge is -2.28. The highest BCUT2D eigenvalue weighted by Crippen LogP contribution is 2.53. The molecule has 362 valence electrons. The Hall–Kier alpha value is -9.90. The van der Waals surface area contributed by atoms with Gasteiger partial charge in [-0.1, -0.05) is 166 Å². The average Bonchev–Trinajstić information content (AvgIpc) is 4.31. The minimum absolute atomic E-state index is 0.256. The Balaban J connectivity index is 0.777. The average molecular weight is 983 g/mol. The van der Waals surface area contributed by atoms with Crippen LogP contribution >= 0.6 is 0 Å². The minimum Gasteiger partial charge on any atom is -0.310 e. The fraction of sp³-hybridized carbons (Fsp3) is 0.0411. The lowest BCUT2D eigenvalue weighted by atomic mass is 9.81. The van der Waals surface area contributed by atoms with Gasteiger partial charge in [0, 0.05) is 72.5 Å². The Morgan fingerprint density at radius 1 is 0.273 bits per heavy atom. The first-order valence-corrected chi connectivity index (χ1v) is 26.7. The molecule has 1 aliphatic rings. The van der Waals surface area contributed by atoms with Crippen LogP contribution in [0.1, 0.15) is 25.0 Å². The van der Waals surface area contributed by atoms with Crippen molar-refractivity contribution in [3.63, 3.8) is 0 Å². The van der Waals surface area contributed by atoms with Crippen LogP contribution in [-0.4, -0.2) is 9.13 Å². The van der Waals surface area contributed by atoms with Crippen LogP contribution in [0, 0.1) is 0 Å². The zero-order valence-corrected chi connectivity index (χ0v) is 42.7. The van der Waals surface area contributed by atoms with Gasteiger partial charge in [-0.15, -0.1) is 0 Å². The van der Waals surface area contributed by atoms with E-state index in [1.165, 1.54) is 98.5 Å². The van der Waals surface area contributed by atoms with Gasteiger partial charge in [-0.25, -0.2) is 0 Å². The number of hydrogen-bond acceptors (Lipinski definition) is 2. The van der Waals surface area contributed by atoms with Crippen LogP contribution in [0.25, 0.3) is 98.8 Å². The number of rotatable bonds is 9. The van der Waals surface area contributed by atoms with Gasteiger partial charge in [0.2, 0.25) is 0 Å². The van der Waals surface area contributed by atoms with Crippen LogP contribution < -0.4 is 9.80 Å². The number of fused-ring (bicyclic) bond motifs is 3. The van der Waals surface area contributed by atoms with Crippen LogP contribution in [0.2, 0.25) is 0 Å². The Bertz CT molecular complexity index is 4740. The quantitative estimate of drug-likeness (QED) is 0.134. The molecule has 0 aliphatic heterocycles. The van der Waals surface area contributed by atoms with Crippen LogP contribution in [0.15, 0.2) is 267 Å². The lowest BCUT2D eigenvalue weighted by Crippen LogP contribution is -2.16. The molecule has 1 aliphatic carbocycles. The summed E-state index contributed by atoms with van der Waals surface area (Å²) in [6.45, 7) is 4.79. The fourth-order valence-corrected chi connectivity index (χ4v) is 13.2. The molecule has 16 rings (SSSR count). The molecule has 4 heteroatoms. The topological polar surface area (TPSA) is 16.3 Å². The van der Waals surface area contributed by atoms with E-state index in [-0.39, 0.29) is 5.41 Å². The van der Waals surface area contributed by atoms with E-state index in [0.29, 0.717) is 0 Å². The van der Waals surface area contributed by atoms with Crippen molar-refractivity contribution in [2.75, 3.05) is 9.80 Å². The molecule has 0 saturated heterocycles. The molecule has 0 radical (unpaired) electrons. The fourth-order valence-electron chi connectivity index (χ4n) is 13.2. The van der Waals surface area contributed by atoms with Crippen molar-refractivity contribution < 1.29 is 0 Å². The van der Waals surface area contributed by atoms with Gasteiger partial charge in [-0.3, -0.25) is 0 Å². The molecule has 0 saturated carbocycles. The Morgan fingerprint density at radius 3 is 1.19 bits per heavy atom. The second-order valence-electron chi connectivity index (χ2n) is 21.4. The molecule has 0 bridgehead atoms. The molecule has 2 aromatic heterocycles. The Morgan fingerprint density at radius 2 is 0.675 bits per heavy atom. The van der Waals surface area contributed by atoms with Gasteiger partial charge in [0.05, 0.1) is 22.1 Å². The maximum absolute atomic E-state index is 2.45. The predicted octanol–water partition coefficient (Wildman–Crippen LogP) is 20.0. The first-order chi connectivity index (χ1) is 37.9. The molecule has 0 amide bonds. The smallest absolute Gasteiger partial charge is 0.0568 e. The van der Waals surface area contributed by atoms with Gasteiger partial charge >= 0.3 is 0 Å². The zero-order valence-electron chi connectivity index (χ0n) is 42.7. The summed E-state index contributed by atoms with van der Waals surface area (Å²) in [5.41, 5.74) is 21.3. The van der Waals surface area contributed by atoms with Crippen molar-refractivity contribution in [3.05, 3.63) is 278 Å². The second-order valence-corrected chi connectivity index (χ2v) is 21.4. The molecule has 0 fully saturated rings. The van der Waals surface area contributed by atoms with Gasteiger partial charge in [0.15, 0.2) is 0 Å². The molecule has 2 heterocycles. The number of nitrogens with zero attached hydrogens (tertiary/aromatic N) is 4. The van der Waals surface area contributed by atoms with Crippen molar-refractivity contribution in [2.24, 2.45) is 0 Å². The predicted molar refractivity (Wildman–Crippen MR) is 325 cm³/mol. The van der Waals surface area contributed by atoms with E-state index in [2.05, 4.69) is 300 Å². The van der Waals surface area contributed by atoms with E-state index in [9.17, 15) is 0 Å². The molecule has 4 nitrogen and oxygen atoms in total. The third-order valence-electron chi connectivity index (χ3n) is 16.7. The van der Waals surface area contributed by atoms with Gasteiger partial charge < -0.3 is 18.9 Å². The maximum atomic E-state index is 2.45. The second kappa shape index (κ2) is 16.6. The van der Waals surface area contributed by atoms with Crippen molar-refractivity contribution in [1.82, 2.24) is 9.13 Å². The molecule has 13 aromatic carbocycles. The van der Waals surface area contributed by atoms with Gasteiger partial charge in [0.1, 0.15) is 0 Å². The standard InChI is InChI=1S/C73H50N4/c1-73(2)63-43-50(47-33-36-57(37-34-47)74(53-19-7-3-8-20-53)59-41-51-31-29-48-17-15-27-65-69(48)71(51)67(45-59)76(65)55-23-11-5-12-24-55)35-39-61(63)62-40-38-58(44-64(62)73)75(54-21-9-4-10-22-54)60-42-52-32-30-49-18-16-28-66-70(49)72(52)68(46-60)77(66)56-25-13-6-14-26-56/h3-46H,1-2H3. The first kappa shape index (κ1) is 43.5. The number of aromatic nitrogens is 2. The molecular weight excluding hydrogens is 933 g/mol. The molecule has 0 spiro atoms. The molecule has 77 heavy (non-hydrogen) atoms. The normalized spacial score (nSPS) is 12.9. The van der Waals surface area contributed by atoms with Crippen LogP contribution in [0.3, 0.4) is 0 Å². The highest BCUT2D eigenvalue weighted by Gasteiger charge is 2.37. The highest BCUT2D eigenvalue weighted by atomic mass is 15.2. The third kappa shape index (κ3) is 6.52. The van der Waals surface area contributed by atoms with E-state index >= 15 is 0 Å². The summed E-state index contributed by atoms with van der Waals surface area (Å²) in [5, 5.41) is 10.2. The molecule has 15 aromatic rings. The summed E-state index contributed by atoms with van der Waals surface area (Å²) in [7, 11) is 0. The minimum atomic E-state index is -0.256. The lowest BCUT2D eigenvalue weighted by molar-refractivity contribution is 0.660. The number of hydrogen-bond donors (Lipinski definition) is 0. The van der Waals surface area contributed by atoms with E-state index < -0.39 is 0 Å². The van der Waals surface area contributed by atoms with Gasteiger partial charge in [0.25, 0.3) is 0 Å². The summed E-state index contributed by atoms with van der Waals surface area (Å²) in [6.07, 6.45) is 0. The summed E-state index contributed by atoms with van der Waals surface area (Å²) in [6, 6.07) is 98.6. The molecular formula is C73H50N4. The van der Waals surface area contributed by atoms with Crippen LogP contribution in [0.4, 0.5) is 34.1 Å². The van der Waals surface area contributed by atoms with Crippen LogP contribution in [-0.2, 0) is 5.41 Å². The SMILES string of the molecule is CC1(C)c2cc(-c3ccc(N(c4ccccc4)c4cc5ccc6cccc7c6c5c(c4)n7-c4ccccc4)cc3)ccc2-c2ccc(N(c3ccccc3)c3cc4ccc5cccc6c5c4c(c3)n6-c3ccccc3)cc21. The maximum Gasteiger partial charge on any atom is 0.0568 e. The Kier molecular flexibility index (Phi) is 9.35. The number of anilines is 6. The summed E-state index contributed by atoms with van der Waals surface area (Å²) < 4.78 is 4.88. The monoisotopic (exact) mass is 982 g/mol. The molecule has 0 atom stereocenters. The van der Waals surface area contributed by atoms with Crippen molar-refractivity contribution in [2.45, 2.75) is 19.3 Å². The van der Waals surface area contributed by atoms with E-state index in [0.717, 1.165) is 45.5 Å². The van der Waals surface area contributed by atoms with E-state index in [1.807, 2.05) is 0 Å². The van der Waals surface area contributed by atoms with Crippen molar-refractivity contribution in [1.29, 1.82) is 0 Å². The zero-order chi connectivity index (χ0) is 50.9. The summed E-state index contributed by atoms with van der Waals surface area (Å²) in [4.78, 5) is 4.85. The van der Waals surface area contributed by atoms with E-state index in [1.54, 1.807) is 0 Å².